The van der Waals surface area contributed by atoms with Gasteiger partial charge in [-0.05, 0) is 51.2 Å². The molecule has 2 bridgehead atoms. The maximum absolute atomic E-state index is 6.27. The van der Waals surface area contributed by atoms with Gasteiger partial charge in [-0.25, -0.2) is 0 Å². The van der Waals surface area contributed by atoms with Crippen molar-refractivity contribution in [3.63, 3.8) is 0 Å². The van der Waals surface area contributed by atoms with Crippen LogP contribution in [0.1, 0.15) is 38.8 Å². The molecule has 5 heteroatoms. The molecule has 1 saturated heterocycles. The van der Waals surface area contributed by atoms with E-state index in [1.807, 2.05) is 12.1 Å². The standard InChI is InChI=1S/C14H17BrN2OS/c1-8(2)17-13(19)16-11-7-14(17,3)18-12-5-4-9(15)6-10(11)12/h4-6,8,11H,7H2,1-3H3,(H,16,19). The van der Waals surface area contributed by atoms with Crippen LogP contribution < -0.4 is 10.1 Å². The zero-order valence-corrected chi connectivity index (χ0v) is 13.6. The fourth-order valence-electron chi connectivity index (χ4n) is 3.14. The van der Waals surface area contributed by atoms with Crippen molar-refractivity contribution in [2.75, 3.05) is 0 Å². The zero-order valence-electron chi connectivity index (χ0n) is 11.2. The zero-order chi connectivity index (χ0) is 13.8. The van der Waals surface area contributed by atoms with Crippen molar-refractivity contribution >= 4 is 33.3 Å². The van der Waals surface area contributed by atoms with Crippen LogP contribution >= 0.6 is 28.1 Å². The van der Waals surface area contributed by atoms with Gasteiger partial charge in [0.05, 0.1) is 6.04 Å². The van der Waals surface area contributed by atoms with E-state index in [1.165, 1.54) is 5.56 Å². The number of fused-ring (bicyclic) bond motifs is 4. The Labute approximate surface area is 127 Å². The third-order valence-corrected chi connectivity index (χ3v) is 4.61. The smallest absolute Gasteiger partial charge is 0.184 e. The second kappa shape index (κ2) is 4.35. The molecule has 2 heterocycles. The first-order valence-electron chi connectivity index (χ1n) is 6.49. The van der Waals surface area contributed by atoms with Crippen LogP contribution in [0.5, 0.6) is 5.75 Å². The molecular weight excluding hydrogens is 324 g/mol. The number of ether oxygens (including phenoxy) is 1. The van der Waals surface area contributed by atoms with Gasteiger partial charge in [-0.1, -0.05) is 15.9 Å². The maximum atomic E-state index is 6.27. The molecule has 0 aliphatic carbocycles. The Balaban J connectivity index is 2.08. The molecule has 0 amide bonds. The fraction of sp³-hybridized carbons (Fsp3) is 0.500. The molecule has 0 saturated carbocycles. The minimum absolute atomic E-state index is 0.230. The minimum Gasteiger partial charge on any atom is -0.468 e. The Kier molecular flexibility index (Phi) is 3.02. The summed E-state index contributed by atoms with van der Waals surface area (Å²) >= 11 is 9.03. The van der Waals surface area contributed by atoms with Crippen molar-refractivity contribution in [1.29, 1.82) is 0 Å². The van der Waals surface area contributed by atoms with Crippen LogP contribution in [0, 0.1) is 0 Å². The first kappa shape index (κ1) is 13.2. The highest BCUT2D eigenvalue weighted by Crippen LogP contribution is 2.45. The lowest BCUT2D eigenvalue weighted by Gasteiger charge is -2.53. The van der Waals surface area contributed by atoms with Crippen molar-refractivity contribution in [3.8, 4) is 5.75 Å². The monoisotopic (exact) mass is 340 g/mol. The normalized spacial score (nSPS) is 28.8. The van der Waals surface area contributed by atoms with Crippen LogP contribution in [0.4, 0.5) is 0 Å². The average Bonchev–Trinajstić information content (AvgIpc) is 2.28. The molecule has 102 valence electrons. The molecule has 2 atom stereocenters. The molecule has 2 aliphatic rings. The van der Waals surface area contributed by atoms with E-state index in [-0.39, 0.29) is 11.8 Å². The summed E-state index contributed by atoms with van der Waals surface area (Å²) < 4.78 is 7.33. The molecule has 2 aliphatic heterocycles. The molecule has 19 heavy (non-hydrogen) atoms. The molecule has 1 fully saturated rings. The maximum Gasteiger partial charge on any atom is 0.184 e. The van der Waals surface area contributed by atoms with Gasteiger partial charge in [0.2, 0.25) is 0 Å². The molecule has 0 aromatic heterocycles. The molecule has 2 unspecified atom stereocenters. The Morgan fingerprint density at radius 3 is 2.95 bits per heavy atom. The summed E-state index contributed by atoms with van der Waals surface area (Å²) in [4.78, 5) is 2.16. The molecule has 3 rings (SSSR count). The summed E-state index contributed by atoms with van der Waals surface area (Å²) in [5, 5.41) is 4.22. The number of rotatable bonds is 1. The van der Waals surface area contributed by atoms with Gasteiger partial charge >= 0.3 is 0 Å². The Hall–Kier alpha value is -0.810. The Morgan fingerprint density at radius 1 is 1.53 bits per heavy atom. The van der Waals surface area contributed by atoms with Crippen LogP contribution in [0.2, 0.25) is 0 Å². The number of thiocarbonyl (C=S) groups is 1. The fourth-order valence-corrected chi connectivity index (χ4v) is 4.07. The van der Waals surface area contributed by atoms with Crippen molar-refractivity contribution < 1.29 is 4.74 Å². The average molecular weight is 341 g/mol. The highest BCUT2D eigenvalue weighted by Gasteiger charge is 2.48. The van der Waals surface area contributed by atoms with Crippen LogP contribution in [-0.2, 0) is 0 Å². The second-order valence-corrected chi connectivity index (χ2v) is 6.93. The third-order valence-electron chi connectivity index (χ3n) is 3.80. The van der Waals surface area contributed by atoms with Crippen molar-refractivity contribution in [1.82, 2.24) is 10.2 Å². The Bertz CT molecular complexity index is 548. The largest absolute Gasteiger partial charge is 0.468 e. The summed E-state index contributed by atoms with van der Waals surface area (Å²) in [5.41, 5.74) is 0.819. The second-order valence-electron chi connectivity index (χ2n) is 5.63. The predicted octanol–water partition coefficient (Wildman–Crippen LogP) is 3.59. The van der Waals surface area contributed by atoms with E-state index < -0.39 is 0 Å². The van der Waals surface area contributed by atoms with Gasteiger partial charge in [-0.15, -0.1) is 0 Å². The minimum atomic E-state index is -0.359. The molecule has 3 nitrogen and oxygen atoms in total. The summed E-state index contributed by atoms with van der Waals surface area (Å²) in [5.74, 6) is 0.947. The SMILES string of the molecule is CC(C)N1C(=S)NC2CC1(C)Oc1ccc(Br)cc12. The Morgan fingerprint density at radius 2 is 2.26 bits per heavy atom. The molecule has 1 N–H and O–H groups in total. The lowest BCUT2D eigenvalue weighted by Crippen LogP contribution is -2.66. The number of hydrogen-bond donors (Lipinski definition) is 1. The van der Waals surface area contributed by atoms with Crippen molar-refractivity contribution in [3.05, 3.63) is 28.2 Å². The summed E-state index contributed by atoms with van der Waals surface area (Å²) in [6, 6.07) is 6.69. The lowest BCUT2D eigenvalue weighted by atomic mass is 9.90. The molecular formula is C14H17BrN2OS. The van der Waals surface area contributed by atoms with Crippen molar-refractivity contribution in [2.45, 2.75) is 45.0 Å². The summed E-state index contributed by atoms with van der Waals surface area (Å²) in [6.45, 7) is 6.40. The first-order chi connectivity index (χ1) is 8.90. The van der Waals surface area contributed by atoms with E-state index >= 15 is 0 Å². The first-order valence-corrected chi connectivity index (χ1v) is 7.69. The molecule has 1 aromatic rings. The number of nitrogens with one attached hydrogen (secondary N) is 1. The highest BCUT2D eigenvalue weighted by molar-refractivity contribution is 9.10. The van der Waals surface area contributed by atoms with Gasteiger partial charge in [0.15, 0.2) is 10.8 Å². The predicted molar refractivity (Wildman–Crippen MR) is 83.2 cm³/mol. The number of hydrogen-bond acceptors (Lipinski definition) is 2. The molecule has 0 spiro atoms. The van der Waals surface area contributed by atoms with E-state index in [0.29, 0.717) is 6.04 Å². The number of benzene rings is 1. The van der Waals surface area contributed by atoms with E-state index in [1.54, 1.807) is 0 Å². The summed E-state index contributed by atoms with van der Waals surface area (Å²) in [7, 11) is 0. The number of nitrogens with zero attached hydrogens (tertiary/aromatic N) is 1. The van der Waals surface area contributed by atoms with Gasteiger partial charge in [-0.3, -0.25) is 0 Å². The van der Waals surface area contributed by atoms with Crippen LogP contribution in [-0.4, -0.2) is 21.8 Å². The van der Waals surface area contributed by atoms with Gasteiger partial charge < -0.3 is 15.0 Å². The summed E-state index contributed by atoms with van der Waals surface area (Å²) in [6.07, 6.45) is 0.898. The van der Waals surface area contributed by atoms with Gasteiger partial charge in [0.1, 0.15) is 5.75 Å². The van der Waals surface area contributed by atoms with Gasteiger partial charge in [0, 0.05) is 22.5 Å². The molecule has 0 radical (unpaired) electrons. The van der Waals surface area contributed by atoms with E-state index in [2.05, 4.69) is 53.0 Å². The van der Waals surface area contributed by atoms with E-state index in [0.717, 1.165) is 21.8 Å². The topological polar surface area (TPSA) is 24.5 Å². The van der Waals surface area contributed by atoms with Gasteiger partial charge in [0.25, 0.3) is 0 Å². The highest BCUT2D eigenvalue weighted by atomic mass is 79.9. The third kappa shape index (κ3) is 2.03. The molecule has 1 aromatic carbocycles. The lowest BCUT2D eigenvalue weighted by molar-refractivity contribution is -0.0808. The van der Waals surface area contributed by atoms with Crippen LogP contribution in [0.25, 0.3) is 0 Å². The van der Waals surface area contributed by atoms with Crippen molar-refractivity contribution in [2.24, 2.45) is 0 Å². The van der Waals surface area contributed by atoms with Crippen LogP contribution in [0.15, 0.2) is 22.7 Å². The van der Waals surface area contributed by atoms with E-state index in [4.69, 9.17) is 17.0 Å². The van der Waals surface area contributed by atoms with Crippen LogP contribution in [0.3, 0.4) is 0 Å². The van der Waals surface area contributed by atoms with E-state index in [9.17, 15) is 0 Å². The van der Waals surface area contributed by atoms with Gasteiger partial charge in [-0.2, -0.15) is 0 Å². The quantitative estimate of drug-likeness (QED) is 0.789. The number of halogens is 1.